The molecule has 0 aliphatic heterocycles. The number of hydrogen-bond acceptors (Lipinski definition) is 6. The van der Waals surface area contributed by atoms with Gasteiger partial charge in [-0.1, -0.05) is 111 Å². The van der Waals surface area contributed by atoms with Crippen LogP contribution in [0.1, 0.15) is 63.8 Å². The largest absolute Gasteiger partial charge is 2.00 e. The molecule has 6 aromatic heterocycles. The number of rotatable bonds is 7. The fourth-order valence-corrected chi connectivity index (χ4v) is 9.65. The molecule has 0 bridgehead atoms. The summed E-state index contributed by atoms with van der Waals surface area (Å²) < 4.78 is 20.3. The number of fused-ring (bicyclic) bond motifs is 9. The minimum atomic E-state index is -0.341. The summed E-state index contributed by atoms with van der Waals surface area (Å²) in [6.45, 7) is 17.3. The van der Waals surface area contributed by atoms with Crippen molar-refractivity contribution in [3.63, 3.8) is 0 Å². The first-order valence-corrected chi connectivity index (χ1v) is 23.2. The van der Waals surface area contributed by atoms with Gasteiger partial charge in [0.15, 0.2) is 0 Å². The van der Waals surface area contributed by atoms with Crippen molar-refractivity contribution in [1.82, 2.24) is 33.6 Å². The molecule has 354 valence electrons. The fraction of sp³-hybridized carbons (Fsp3) is 0.167. The summed E-state index contributed by atoms with van der Waals surface area (Å²) >= 11 is 0. The molecule has 0 saturated heterocycles. The van der Waals surface area contributed by atoms with E-state index < -0.39 is 0 Å². The minimum Gasteiger partial charge on any atom is -0.509 e. The average Bonchev–Trinajstić information content (AvgIpc) is 3.95. The second kappa shape index (κ2) is 18.0. The number of nitrogens with zero attached hydrogens (tertiary/aromatic N) is 7. The van der Waals surface area contributed by atoms with Gasteiger partial charge in [0.2, 0.25) is 5.95 Å². The molecule has 0 aliphatic carbocycles. The van der Waals surface area contributed by atoms with Crippen molar-refractivity contribution in [2.24, 2.45) is 0 Å². The van der Waals surface area contributed by atoms with E-state index in [0.717, 1.165) is 99.3 Å². The maximum absolute atomic E-state index is 6.99. The fourth-order valence-electron chi connectivity index (χ4n) is 9.65. The van der Waals surface area contributed by atoms with E-state index in [1.54, 1.807) is 12.4 Å². The van der Waals surface area contributed by atoms with Crippen LogP contribution in [0, 0.1) is 38.1 Å². The Kier molecular flexibility index (Phi) is 12.1. The molecule has 0 N–H and O–H groups in total. The Morgan fingerprint density at radius 3 is 1.25 bits per heavy atom. The van der Waals surface area contributed by atoms with Gasteiger partial charge >= 0.3 is 42.1 Å². The van der Waals surface area contributed by atoms with Crippen molar-refractivity contribution in [3.8, 4) is 40.6 Å². The molecule has 0 atom stereocenters. The van der Waals surface area contributed by atoms with Gasteiger partial charge in [0.25, 0.3) is 0 Å². The predicted octanol–water partition coefficient (Wildman–Crippen LogP) is 14.6. The predicted molar refractivity (Wildman–Crippen MR) is 276 cm³/mol. The van der Waals surface area contributed by atoms with Gasteiger partial charge in [-0.05, 0) is 78.2 Å². The van der Waals surface area contributed by atoms with E-state index in [1.165, 1.54) is 0 Å². The molecule has 0 amide bonds. The standard InChI is InChI=1S/C60H47N7O2.2Pt/c1-36-22-26-61-56(28-36)65-48-16-11-9-14-40(48)42-20-18-38(30-50(42)65)68-54-34-52-44(32-46(54)59(3,4)5)45-33-47(60(6,7)8)55(35-53(45)67(52)58-63-24-13-25-64-58)69-39-19-21-43-41-15-10-12-17-49(41)66(51(43)31-39)57-29-37(2)23-27-62-57;;/h9-29,32-33H,1-8H3;;/q-4;2*+2. The van der Waals surface area contributed by atoms with Gasteiger partial charge in [-0.25, -0.2) is 19.9 Å². The van der Waals surface area contributed by atoms with E-state index in [9.17, 15) is 0 Å². The van der Waals surface area contributed by atoms with Crippen LogP contribution < -0.4 is 9.47 Å². The summed E-state index contributed by atoms with van der Waals surface area (Å²) in [5, 5.41) is 6.29. The number of benzene rings is 6. The monoisotopic (exact) mass is 1290 g/mol. The van der Waals surface area contributed by atoms with Crippen molar-refractivity contribution < 1.29 is 51.6 Å². The van der Waals surface area contributed by atoms with Crippen LogP contribution in [0.25, 0.3) is 83.0 Å². The Balaban J connectivity index is 0.00000291. The van der Waals surface area contributed by atoms with Crippen molar-refractivity contribution in [3.05, 3.63) is 187 Å². The summed E-state index contributed by atoms with van der Waals surface area (Å²) in [5.41, 5.74) is 8.86. The SMILES string of the molecule is Cc1ccnc(-n2c3[c-]c(Oc4[c-]c5c(cc4C(C)(C)C)c4cc(C(C)(C)C)c(Oc6[c-]c7c(cc6)c6ccccc6n7-c6cc(C)ccn6)[c-]c4n5-c4ncccn4)ccc3c3ccccc32)c1.[Pt+2].[Pt+2]. The molecule has 6 heterocycles. The van der Waals surface area contributed by atoms with Gasteiger partial charge in [-0.2, -0.15) is 35.0 Å². The Hall–Kier alpha value is -6.92. The van der Waals surface area contributed by atoms with Crippen LogP contribution in [0.2, 0.25) is 0 Å². The van der Waals surface area contributed by atoms with E-state index in [-0.39, 0.29) is 53.0 Å². The topological polar surface area (TPSA) is 84.8 Å². The van der Waals surface area contributed by atoms with Crippen LogP contribution >= 0.6 is 0 Å². The Bertz CT molecular complexity index is 3790. The molecule has 0 saturated carbocycles. The summed E-state index contributed by atoms with van der Waals surface area (Å²) in [5.74, 6) is 4.39. The second-order valence-corrected chi connectivity index (χ2v) is 19.9. The third-order valence-electron chi connectivity index (χ3n) is 12.9. The van der Waals surface area contributed by atoms with Crippen LogP contribution in [0.3, 0.4) is 0 Å². The van der Waals surface area contributed by atoms with Crippen molar-refractivity contribution in [2.75, 3.05) is 0 Å². The van der Waals surface area contributed by atoms with Gasteiger partial charge in [-0.3, -0.25) is 0 Å². The summed E-state index contributed by atoms with van der Waals surface area (Å²) in [6.07, 6.45) is 7.20. The number of para-hydroxylation sites is 2. The van der Waals surface area contributed by atoms with Crippen LogP contribution in [0.15, 0.2) is 140 Å². The molecule has 0 unspecified atom stereocenters. The maximum atomic E-state index is 6.99. The smallest absolute Gasteiger partial charge is 0.509 e. The zero-order valence-corrected chi connectivity index (χ0v) is 44.9. The van der Waals surface area contributed by atoms with E-state index in [4.69, 9.17) is 29.4 Å². The van der Waals surface area contributed by atoms with Crippen molar-refractivity contribution >= 4 is 65.4 Å². The third-order valence-corrected chi connectivity index (χ3v) is 12.9. The molecule has 9 nitrogen and oxygen atoms in total. The Morgan fingerprint density at radius 1 is 0.408 bits per heavy atom. The molecule has 0 spiro atoms. The molecule has 11 heteroatoms. The number of pyridine rings is 2. The quantitative estimate of drug-likeness (QED) is 0.148. The van der Waals surface area contributed by atoms with Crippen LogP contribution in [0.5, 0.6) is 23.0 Å². The molecule has 0 aliphatic rings. The average molecular weight is 1290 g/mol. The van der Waals surface area contributed by atoms with E-state index in [0.29, 0.717) is 28.9 Å². The maximum Gasteiger partial charge on any atom is 2.00 e. The van der Waals surface area contributed by atoms with Gasteiger partial charge in [-0.15, -0.1) is 58.3 Å². The van der Waals surface area contributed by atoms with Gasteiger partial charge in [0.1, 0.15) is 11.6 Å². The van der Waals surface area contributed by atoms with E-state index >= 15 is 0 Å². The van der Waals surface area contributed by atoms with Crippen LogP contribution in [-0.2, 0) is 53.0 Å². The molecule has 12 aromatic rings. The normalized spacial score (nSPS) is 12.0. The van der Waals surface area contributed by atoms with Crippen molar-refractivity contribution in [1.29, 1.82) is 0 Å². The van der Waals surface area contributed by atoms with Crippen LogP contribution in [0.4, 0.5) is 0 Å². The number of ether oxygens (including phenoxy) is 2. The van der Waals surface area contributed by atoms with E-state index in [2.05, 4.69) is 174 Å². The minimum absolute atomic E-state index is 0. The molecule has 71 heavy (non-hydrogen) atoms. The van der Waals surface area contributed by atoms with Gasteiger partial charge in [0.05, 0.1) is 0 Å². The van der Waals surface area contributed by atoms with Gasteiger partial charge in [0, 0.05) is 58.8 Å². The third kappa shape index (κ3) is 8.23. The zero-order valence-electron chi connectivity index (χ0n) is 40.4. The molecule has 12 rings (SSSR count). The number of hydrogen-bond donors (Lipinski definition) is 0. The second-order valence-electron chi connectivity index (χ2n) is 19.9. The first-order chi connectivity index (χ1) is 33.3. The van der Waals surface area contributed by atoms with E-state index in [1.807, 2.05) is 47.3 Å². The van der Waals surface area contributed by atoms with Crippen molar-refractivity contribution in [2.45, 2.75) is 66.2 Å². The summed E-state index contributed by atoms with van der Waals surface area (Å²) in [6, 6.07) is 54.3. The van der Waals surface area contributed by atoms with Crippen LogP contribution in [-0.4, -0.2) is 33.6 Å². The summed E-state index contributed by atoms with van der Waals surface area (Å²) in [7, 11) is 0. The molecular weight excluding hydrogens is 1240 g/mol. The molecular formula is C60H47N7O2Pt2. The number of aryl methyl sites for hydroxylation is 2. The van der Waals surface area contributed by atoms with Gasteiger partial charge < -0.3 is 23.2 Å². The molecule has 6 aromatic carbocycles. The number of aromatic nitrogens is 7. The first-order valence-electron chi connectivity index (χ1n) is 23.2. The molecule has 0 fully saturated rings. The zero-order chi connectivity index (χ0) is 47.3. The Morgan fingerprint density at radius 2 is 0.831 bits per heavy atom. The molecule has 0 radical (unpaired) electrons. The summed E-state index contributed by atoms with van der Waals surface area (Å²) in [4.78, 5) is 19.2. The first kappa shape index (κ1) is 47.7. The Labute approximate surface area is 441 Å².